The molecule has 0 radical (unpaired) electrons. The fourth-order valence-electron chi connectivity index (χ4n) is 1.53. The number of imidazole rings is 1. The van der Waals surface area contributed by atoms with Crippen LogP contribution in [0.1, 0.15) is 0 Å². The van der Waals surface area contributed by atoms with Crippen molar-refractivity contribution in [3.63, 3.8) is 0 Å². The van der Waals surface area contributed by atoms with Crippen molar-refractivity contribution in [3.05, 3.63) is 42.3 Å². The summed E-state index contributed by atoms with van der Waals surface area (Å²) in [4.78, 5) is 0. The van der Waals surface area contributed by atoms with E-state index in [4.69, 9.17) is 0 Å². The zero-order valence-electron chi connectivity index (χ0n) is 11.5. The van der Waals surface area contributed by atoms with Crippen molar-refractivity contribution in [1.29, 1.82) is 0 Å². The zero-order chi connectivity index (χ0) is 13.7. The molecule has 2 aromatic rings. The first-order valence-corrected chi connectivity index (χ1v) is 5.77. The van der Waals surface area contributed by atoms with Crippen molar-refractivity contribution >= 4 is 12.3 Å². The maximum Gasteiger partial charge on any atom is 0.421 e. The monoisotopic (exact) mass is 293 g/mol. The number of azo groups is 1. The highest BCUT2D eigenvalue weighted by Crippen LogP contribution is 2.02. The number of nitrogens with zero attached hydrogens (tertiary/aromatic N) is 7. The molecule has 0 bridgehead atoms. The van der Waals surface area contributed by atoms with Crippen molar-refractivity contribution in [3.8, 4) is 0 Å². The van der Waals surface area contributed by atoms with Crippen molar-refractivity contribution < 1.29 is 17.0 Å². The summed E-state index contributed by atoms with van der Waals surface area (Å²) in [5.74, 6) is 0.733. The minimum atomic E-state index is 0. The molecule has 0 aliphatic heterocycles. The normalized spacial score (nSPS) is 12.2. The maximum absolute atomic E-state index is 4.05. The van der Waals surface area contributed by atoms with Gasteiger partial charge >= 0.3 is 5.95 Å². The molecule has 8 heteroatoms. The Bertz CT molecular complexity index is 662. The molecule has 0 unspecified atom stereocenters. The van der Waals surface area contributed by atoms with Gasteiger partial charge in [0, 0.05) is 18.4 Å². The molecule has 2 rings (SSSR count). The number of halogens is 1. The first kappa shape index (κ1) is 15.8. The van der Waals surface area contributed by atoms with Crippen LogP contribution in [-0.4, -0.2) is 15.5 Å². The predicted molar refractivity (Wildman–Crippen MR) is 70.6 cm³/mol. The summed E-state index contributed by atoms with van der Waals surface area (Å²) in [5.41, 5.74) is 0.748. The standard InChI is InChI=1S/C12H16N7.ClH/c1-17-7-5-4-6-11(17)15-13-10-14-16-12-18(2)8-9-19(12)3;/h4-10H,1-3H3;1H/q+1;/p-1. The van der Waals surface area contributed by atoms with E-state index >= 15 is 0 Å². The van der Waals surface area contributed by atoms with Crippen LogP contribution in [0.2, 0.25) is 0 Å². The van der Waals surface area contributed by atoms with Crippen LogP contribution < -0.4 is 22.5 Å². The molecular formula is C12H16ClN7. The SMILES string of the molecule is Cn1cc[n+](C)c1N=NC=NN=c1ccccn1C.[Cl-]. The quantitative estimate of drug-likeness (QED) is 0.203. The van der Waals surface area contributed by atoms with E-state index in [0.29, 0.717) is 0 Å². The van der Waals surface area contributed by atoms with Crippen LogP contribution in [0.4, 0.5) is 5.95 Å². The summed E-state index contributed by atoms with van der Waals surface area (Å²) in [6.07, 6.45) is 7.03. The predicted octanol–water partition coefficient (Wildman–Crippen LogP) is -2.18. The lowest BCUT2D eigenvalue weighted by atomic mass is 10.5. The molecule has 0 aliphatic rings. The van der Waals surface area contributed by atoms with E-state index < -0.39 is 0 Å². The highest BCUT2D eigenvalue weighted by molar-refractivity contribution is 5.54. The summed E-state index contributed by atoms with van der Waals surface area (Å²) in [6.45, 7) is 0. The van der Waals surface area contributed by atoms with Crippen LogP contribution in [0, 0.1) is 0 Å². The molecule has 2 heterocycles. The molecule has 2 aromatic heterocycles. The second-order valence-corrected chi connectivity index (χ2v) is 4.04. The minimum absolute atomic E-state index is 0. The number of aryl methyl sites for hydroxylation is 3. The van der Waals surface area contributed by atoms with Crippen LogP contribution in [0.15, 0.2) is 57.2 Å². The second kappa shape index (κ2) is 7.34. The lowest BCUT2D eigenvalue weighted by Crippen LogP contribution is -3.00. The lowest BCUT2D eigenvalue weighted by Gasteiger charge is -1.94. The van der Waals surface area contributed by atoms with Crippen LogP contribution in [0.3, 0.4) is 0 Å². The average molecular weight is 294 g/mol. The molecule has 0 aliphatic carbocycles. The van der Waals surface area contributed by atoms with E-state index in [0.717, 1.165) is 11.4 Å². The number of hydrogen-bond acceptors (Lipinski definition) is 3. The van der Waals surface area contributed by atoms with E-state index in [9.17, 15) is 0 Å². The van der Waals surface area contributed by atoms with Gasteiger partial charge in [0.1, 0.15) is 0 Å². The zero-order valence-corrected chi connectivity index (χ0v) is 12.3. The van der Waals surface area contributed by atoms with Crippen LogP contribution in [-0.2, 0) is 21.1 Å². The number of pyridine rings is 1. The van der Waals surface area contributed by atoms with E-state index in [1.807, 2.05) is 71.6 Å². The highest BCUT2D eigenvalue weighted by atomic mass is 35.5. The fraction of sp³-hybridized carbons (Fsp3) is 0.250. The Labute approximate surface area is 123 Å². The number of aromatic nitrogens is 3. The van der Waals surface area contributed by atoms with Gasteiger partial charge in [0.2, 0.25) is 0 Å². The van der Waals surface area contributed by atoms with Gasteiger partial charge in [-0.2, -0.15) is 0 Å². The first-order chi connectivity index (χ1) is 9.18. The third kappa shape index (κ3) is 3.86. The Hall–Kier alpha value is -2.28. The van der Waals surface area contributed by atoms with Crippen molar-refractivity contribution in [1.82, 2.24) is 9.13 Å². The number of hydrogen-bond donors (Lipinski definition) is 0. The van der Waals surface area contributed by atoms with Gasteiger partial charge in [0.05, 0.1) is 26.5 Å². The van der Waals surface area contributed by atoms with E-state index in [1.165, 1.54) is 6.34 Å². The smallest absolute Gasteiger partial charge is 0.421 e. The van der Waals surface area contributed by atoms with E-state index in [-0.39, 0.29) is 12.4 Å². The second-order valence-electron chi connectivity index (χ2n) is 4.04. The topological polar surface area (TPSA) is 63.2 Å². The molecule has 7 nitrogen and oxygen atoms in total. The van der Waals surface area contributed by atoms with Gasteiger partial charge in [-0.3, -0.25) is 0 Å². The van der Waals surface area contributed by atoms with E-state index in [2.05, 4.69) is 20.4 Å². The van der Waals surface area contributed by atoms with Gasteiger partial charge in [-0.05, 0) is 12.1 Å². The van der Waals surface area contributed by atoms with Crippen LogP contribution in [0.5, 0.6) is 0 Å². The summed E-state index contributed by atoms with van der Waals surface area (Å²) in [6, 6.07) is 5.70. The van der Waals surface area contributed by atoms with Crippen molar-refractivity contribution in [2.45, 2.75) is 0 Å². The van der Waals surface area contributed by atoms with Crippen LogP contribution >= 0.6 is 0 Å². The fourth-order valence-corrected chi connectivity index (χ4v) is 1.53. The Morgan fingerprint density at radius 2 is 1.95 bits per heavy atom. The molecule has 106 valence electrons. The Kier molecular flexibility index (Phi) is 5.79. The molecule has 0 atom stereocenters. The highest BCUT2D eigenvalue weighted by Gasteiger charge is 2.09. The Balaban J connectivity index is 0.00000200. The summed E-state index contributed by atoms with van der Waals surface area (Å²) in [5, 5.41) is 15.8. The van der Waals surface area contributed by atoms with Gasteiger partial charge in [-0.25, -0.2) is 9.13 Å². The molecule has 0 aromatic carbocycles. The van der Waals surface area contributed by atoms with Gasteiger partial charge in [0.25, 0.3) is 0 Å². The third-order valence-corrected chi connectivity index (χ3v) is 2.58. The van der Waals surface area contributed by atoms with E-state index in [1.54, 1.807) is 0 Å². The van der Waals surface area contributed by atoms with Gasteiger partial charge < -0.3 is 17.0 Å². The van der Waals surface area contributed by atoms with Gasteiger partial charge in [-0.1, -0.05) is 11.2 Å². The summed E-state index contributed by atoms with van der Waals surface area (Å²) >= 11 is 0. The minimum Gasteiger partial charge on any atom is -1.00 e. The molecule has 0 spiro atoms. The van der Waals surface area contributed by atoms with Crippen molar-refractivity contribution in [2.75, 3.05) is 0 Å². The average Bonchev–Trinajstić information content (AvgIpc) is 2.72. The molecule has 0 amide bonds. The summed E-state index contributed by atoms with van der Waals surface area (Å²) < 4.78 is 5.60. The molecular weight excluding hydrogens is 278 g/mol. The first-order valence-electron chi connectivity index (χ1n) is 5.77. The Morgan fingerprint density at radius 3 is 2.60 bits per heavy atom. The number of rotatable bonds is 3. The lowest BCUT2D eigenvalue weighted by molar-refractivity contribution is -0.657. The molecule has 20 heavy (non-hydrogen) atoms. The van der Waals surface area contributed by atoms with Crippen LogP contribution in [0.25, 0.3) is 0 Å². The third-order valence-electron chi connectivity index (χ3n) is 2.58. The molecule has 0 fully saturated rings. The maximum atomic E-state index is 4.05. The molecule has 0 saturated heterocycles. The van der Waals surface area contributed by atoms with Gasteiger partial charge in [-0.15, -0.1) is 10.2 Å². The Morgan fingerprint density at radius 1 is 1.15 bits per heavy atom. The molecule has 0 saturated carbocycles. The van der Waals surface area contributed by atoms with Gasteiger partial charge in [0.15, 0.2) is 11.8 Å². The van der Waals surface area contributed by atoms with Crippen molar-refractivity contribution in [2.24, 2.45) is 41.6 Å². The largest absolute Gasteiger partial charge is 1.00 e. The molecule has 0 N–H and O–H groups in total. The summed E-state index contributed by atoms with van der Waals surface area (Å²) in [7, 11) is 5.71.